The van der Waals surface area contributed by atoms with E-state index in [1.54, 1.807) is 0 Å². The van der Waals surface area contributed by atoms with E-state index < -0.39 is 10.8 Å². The lowest BCUT2D eigenvalue weighted by Gasteiger charge is -2.35. The standard InChI is InChI=1S/C11H21NOS/c1-4-9-6-14(13)8(3)11(12-9)10-5-7(10)2/h7-12H,4-6H2,1-3H3. The van der Waals surface area contributed by atoms with Gasteiger partial charge in [-0.25, -0.2) is 0 Å². The minimum atomic E-state index is -0.603. The first kappa shape index (κ1) is 10.6. The quantitative estimate of drug-likeness (QED) is 0.757. The average Bonchev–Trinajstić information content (AvgIpc) is 2.87. The molecule has 2 nitrogen and oxygen atoms in total. The minimum absolute atomic E-state index is 0.354. The summed E-state index contributed by atoms with van der Waals surface area (Å²) in [7, 11) is -0.603. The van der Waals surface area contributed by atoms with Crippen molar-refractivity contribution >= 4 is 10.8 Å². The van der Waals surface area contributed by atoms with Gasteiger partial charge in [0.2, 0.25) is 0 Å². The van der Waals surface area contributed by atoms with Crippen molar-refractivity contribution in [2.75, 3.05) is 5.75 Å². The molecule has 6 atom stereocenters. The summed E-state index contributed by atoms with van der Waals surface area (Å²) in [4.78, 5) is 0. The molecule has 2 fully saturated rings. The molecule has 1 saturated heterocycles. The van der Waals surface area contributed by atoms with E-state index in [4.69, 9.17) is 0 Å². The molecule has 0 amide bonds. The maximum atomic E-state index is 11.9. The van der Waals surface area contributed by atoms with Crippen LogP contribution in [0.15, 0.2) is 0 Å². The Kier molecular flexibility index (Phi) is 2.98. The van der Waals surface area contributed by atoms with Crippen molar-refractivity contribution in [1.29, 1.82) is 0 Å². The maximum Gasteiger partial charge on any atom is 0.0476 e. The Morgan fingerprint density at radius 1 is 1.43 bits per heavy atom. The molecule has 1 saturated carbocycles. The Balaban J connectivity index is 2.03. The largest absolute Gasteiger partial charge is 0.309 e. The van der Waals surface area contributed by atoms with Crippen molar-refractivity contribution in [2.45, 2.75) is 50.9 Å². The van der Waals surface area contributed by atoms with Crippen LogP contribution in [0.2, 0.25) is 0 Å². The molecule has 1 aliphatic heterocycles. The van der Waals surface area contributed by atoms with Gasteiger partial charge in [0.05, 0.1) is 0 Å². The molecule has 0 aromatic carbocycles. The summed E-state index contributed by atoms with van der Waals surface area (Å²) in [5.74, 6) is 2.50. The molecule has 0 bridgehead atoms. The molecule has 0 aromatic rings. The summed E-state index contributed by atoms with van der Waals surface area (Å²) < 4.78 is 11.9. The Bertz CT molecular complexity index is 243. The summed E-state index contributed by atoms with van der Waals surface area (Å²) in [5, 5.41) is 4.04. The highest BCUT2D eigenvalue weighted by Crippen LogP contribution is 2.43. The summed E-state index contributed by atoms with van der Waals surface area (Å²) in [6, 6.07) is 1.01. The summed E-state index contributed by atoms with van der Waals surface area (Å²) in [5.41, 5.74) is 0. The second kappa shape index (κ2) is 3.93. The van der Waals surface area contributed by atoms with Gasteiger partial charge in [0.25, 0.3) is 0 Å². The second-order valence-electron chi connectivity index (χ2n) is 4.93. The number of hydrogen-bond acceptors (Lipinski definition) is 2. The zero-order valence-electron chi connectivity index (χ0n) is 9.32. The average molecular weight is 215 g/mol. The summed E-state index contributed by atoms with van der Waals surface area (Å²) >= 11 is 0. The number of nitrogens with one attached hydrogen (secondary N) is 1. The first-order valence-electron chi connectivity index (χ1n) is 5.76. The molecule has 82 valence electrons. The molecule has 2 rings (SSSR count). The van der Waals surface area contributed by atoms with Gasteiger partial charge in [-0.15, -0.1) is 0 Å². The van der Waals surface area contributed by atoms with Gasteiger partial charge in [-0.05, 0) is 31.6 Å². The van der Waals surface area contributed by atoms with Crippen molar-refractivity contribution in [2.24, 2.45) is 11.8 Å². The van der Waals surface area contributed by atoms with Crippen LogP contribution in [0.25, 0.3) is 0 Å². The monoisotopic (exact) mass is 215 g/mol. The predicted octanol–water partition coefficient (Wildman–Crippen LogP) is 1.53. The third-order valence-corrected chi connectivity index (χ3v) is 5.69. The van der Waals surface area contributed by atoms with Gasteiger partial charge >= 0.3 is 0 Å². The van der Waals surface area contributed by atoms with Crippen LogP contribution in [0, 0.1) is 11.8 Å². The zero-order chi connectivity index (χ0) is 10.3. The molecule has 6 unspecified atom stereocenters. The van der Waals surface area contributed by atoms with E-state index in [1.807, 2.05) is 0 Å². The molecule has 0 radical (unpaired) electrons. The maximum absolute atomic E-state index is 11.9. The van der Waals surface area contributed by atoms with Crippen molar-refractivity contribution in [3.8, 4) is 0 Å². The van der Waals surface area contributed by atoms with Crippen LogP contribution in [0.5, 0.6) is 0 Å². The van der Waals surface area contributed by atoms with Gasteiger partial charge < -0.3 is 5.32 Å². The Labute approximate surface area is 89.3 Å². The number of hydrogen-bond donors (Lipinski definition) is 1. The fourth-order valence-corrected chi connectivity index (χ4v) is 4.17. The van der Waals surface area contributed by atoms with Crippen LogP contribution in [0.1, 0.15) is 33.6 Å². The van der Waals surface area contributed by atoms with Gasteiger partial charge in [-0.3, -0.25) is 4.21 Å². The third kappa shape index (κ3) is 1.89. The van der Waals surface area contributed by atoms with Gasteiger partial charge in [0, 0.05) is 33.9 Å². The van der Waals surface area contributed by atoms with Crippen molar-refractivity contribution < 1.29 is 4.21 Å². The van der Waals surface area contributed by atoms with Crippen molar-refractivity contribution in [3.63, 3.8) is 0 Å². The van der Waals surface area contributed by atoms with Crippen LogP contribution >= 0.6 is 0 Å². The normalized spacial score (nSPS) is 53.1. The third-order valence-electron chi connectivity index (χ3n) is 3.84. The Morgan fingerprint density at radius 2 is 2.07 bits per heavy atom. The van der Waals surface area contributed by atoms with Gasteiger partial charge in [0.1, 0.15) is 0 Å². The van der Waals surface area contributed by atoms with Crippen LogP contribution in [-0.4, -0.2) is 27.3 Å². The molecule has 1 heterocycles. The highest BCUT2D eigenvalue weighted by atomic mass is 32.2. The Hall–Kier alpha value is 0.110. The highest BCUT2D eigenvalue weighted by Gasteiger charge is 2.45. The molecular formula is C11H21NOS. The lowest BCUT2D eigenvalue weighted by Crippen LogP contribution is -2.55. The smallest absolute Gasteiger partial charge is 0.0476 e. The SMILES string of the molecule is CCC1CS(=O)C(C)C(C2CC2C)N1. The highest BCUT2D eigenvalue weighted by molar-refractivity contribution is 7.85. The molecule has 2 aliphatic rings. The Morgan fingerprint density at radius 3 is 2.57 bits per heavy atom. The first-order valence-corrected chi connectivity index (χ1v) is 7.15. The second-order valence-corrected chi connectivity index (χ2v) is 6.77. The van der Waals surface area contributed by atoms with Crippen LogP contribution in [0.4, 0.5) is 0 Å². The van der Waals surface area contributed by atoms with Crippen LogP contribution in [0.3, 0.4) is 0 Å². The van der Waals surface area contributed by atoms with Crippen LogP contribution in [-0.2, 0) is 10.8 Å². The van der Waals surface area contributed by atoms with Crippen molar-refractivity contribution in [3.05, 3.63) is 0 Å². The molecule has 1 aliphatic carbocycles. The van der Waals surface area contributed by atoms with E-state index in [1.165, 1.54) is 6.42 Å². The van der Waals surface area contributed by atoms with Gasteiger partial charge in [-0.1, -0.05) is 13.8 Å². The molecule has 14 heavy (non-hydrogen) atoms. The molecule has 0 aromatic heterocycles. The molecule has 0 spiro atoms. The minimum Gasteiger partial charge on any atom is -0.309 e. The fourth-order valence-electron chi connectivity index (χ4n) is 2.53. The van der Waals surface area contributed by atoms with E-state index in [9.17, 15) is 4.21 Å². The summed E-state index contributed by atoms with van der Waals surface area (Å²) in [6.07, 6.45) is 2.44. The molecule has 3 heteroatoms. The van der Waals surface area contributed by atoms with E-state index in [0.717, 1.165) is 24.0 Å². The number of rotatable bonds is 2. The molecule has 1 N–H and O–H groups in total. The topological polar surface area (TPSA) is 29.1 Å². The summed E-state index contributed by atoms with van der Waals surface area (Å²) in [6.45, 7) is 6.63. The van der Waals surface area contributed by atoms with E-state index in [0.29, 0.717) is 17.3 Å². The first-order chi connectivity index (χ1) is 6.63. The van der Waals surface area contributed by atoms with E-state index in [2.05, 4.69) is 26.1 Å². The lowest BCUT2D eigenvalue weighted by atomic mass is 10.1. The lowest BCUT2D eigenvalue weighted by molar-refractivity contribution is 0.370. The van der Waals surface area contributed by atoms with Gasteiger partial charge in [-0.2, -0.15) is 0 Å². The van der Waals surface area contributed by atoms with Crippen LogP contribution < -0.4 is 5.32 Å². The van der Waals surface area contributed by atoms with Crippen molar-refractivity contribution in [1.82, 2.24) is 5.32 Å². The van der Waals surface area contributed by atoms with Gasteiger partial charge in [0.15, 0.2) is 0 Å². The van der Waals surface area contributed by atoms with E-state index in [-0.39, 0.29) is 0 Å². The zero-order valence-corrected chi connectivity index (χ0v) is 10.1. The predicted molar refractivity (Wildman–Crippen MR) is 60.7 cm³/mol. The fraction of sp³-hybridized carbons (Fsp3) is 1.00. The van der Waals surface area contributed by atoms with E-state index >= 15 is 0 Å². The molecular weight excluding hydrogens is 194 g/mol.